The van der Waals surface area contributed by atoms with Gasteiger partial charge in [0.1, 0.15) is 0 Å². The highest BCUT2D eigenvalue weighted by Crippen LogP contribution is 2.07. The van der Waals surface area contributed by atoms with Crippen molar-refractivity contribution >= 4 is 17.7 Å². The molecule has 0 bridgehead atoms. The summed E-state index contributed by atoms with van der Waals surface area (Å²) in [7, 11) is 0. The normalized spacial score (nSPS) is 13.7. The van der Waals surface area contributed by atoms with Crippen molar-refractivity contribution in [1.29, 1.82) is 0 Å². The third kappa shape index (κ3) is 9.18. The Labute approximate surface area is 139 Å². The molecule has 0 saturated heterocycles. The molecule has 0 aromatic rings. The van der Waals surface area contributed by atoms with E-state index in [1.54, 1.807) is 6.92 Å². The molecule has 7 nitrogen and oxygen atoms in total. The number of hydrogen-bond donors (Lipinski definition) is 4. The summed E-state index contributed by atoms with van der Waals surface area (Å²) in [5, 5.41) is 8.57. The van der Waals surface area contributed by atoms with Crippen LogP contribution in [0.25, 0.3) is 0 Å². The first-order valence-electron chi connectivity index (χ1n) is 8.31. The number of nitrogens with one attached hydrogen (secondary N) is 3. The van der Waals surface area contributed by atoms with Gasteiger partial charge in [0, 0.05) is 19.0 Å². The number of ketones is 1. The number of hydrogen-bond acceptors (Lipinski definition) is 4. The van der Waals surface area contributed by atoms with E-state index in [-0.39, 0.29) is 23.7 Å². The summed E-state index contributed by atoms with van der Waals surface area (Å²) in [6.07, 6.45) is 1.57. The lowest BCUT2D eigenvalue weighted by Gasteiger charge is -2.26. The lowest BCUT2D eigenvalue weighted by atomic mass is 9.97. The van der Waals surface area contributed by atoms with Crippen LogP contribution < -0.4 is 21.7 Å². The second kappa shape index (κ2) is 11.0. The van der Waals surface area contributed by atoms with Gasteiger partial charge in [-0.05, 0) is 18.8 Å². The molecule has 2 atom stereocenters. The fourth-order valence-corrected chi connectivity index (χ4v) is 2.30. The van der Waals surface area contributed by atoms with Crippen LogP contribution in [0.3, 0.4) is 0 Å². The highest BCUT2D eigenvalue weighted by Gasteiger charge is 2.26. The number of carbonyl (C=O) groups is 3. The van der Waals surface area contributed by atoms with Crippen molar-refractivity contribution in [3.05, 3.63) is 0 Å². The molecule has 0 aromatic heterocycles. The molecule has 0 spiro atoms. The fraction of sp³-hybridized carbons (Fsp3) is 0.812. The molecule has 0 fully saturated rings. The van der Waals surface area contributed by atoms with Crippen LogP contribution >= 0.6 is 0 Å². The molecule has 3 amide bonds. The van der Waals surface area contributed by atoms with Crippen LogP contribution in [0.2, 0.25) is 0 Å². The molecule has 0 radical (unpaired) electrons. The van der Waals surface area contributed by atoms with Gasteiger partial charge in [-0.25, -0.2) is 4.79 Å². The predicted molar refractivity (Wildman–Crippen MR) is 90.9 cm³/mol. The zero-order valence-corrected chi connectivity index (χ0v) is 14.9. The van der Waals surface area contributed by atoms with Crippen molar-refractivity contribution in [2.75, 3.05) is 6.54 Å². The van der Waals surface area contributed by atoms with Gasteiger partial charge < -0.3 is 21.7 Å². The summed E-state index contributed by atoms with van der Waals surface area (Å²) in [6.45, 7) is 9.96. The van der Waals surface area contributed by atoms with Crippen LogP contribution in [0.15, 0.2) is 0 Å². The molecule has 0 saturated carbocycles. The molecule has 0 aliphatic rings. The van der Waals surface area contributed by atoms with Crippen molar-refractivity contribution in [2.24, 2.45) is 11.7 Å². The SMILES string of the molecule is CCC(=O)[C@@H](NC(=O)[C@H](CCCNC(N)=O)NC(C)C)C(C)C. The highest BCUT2D eigenvalue weighted by molar-refractivity contribution is 5.90. The molecule has 5 N–H and O–H groups in total. The molecule has 0 aromatic carbocycles. The van der Waals surface area contributed by atoms with Crippen LogP contribution in [-0.2, 0) is 9.59 Å². The van der Waals surface area contributed by atoms with E-state index >= 15 is 0 Å². The summed E-state index contributed by atoms with van der Waals surface area (Å²) in [5.74, 6) is -0.104. The second-order valence-electron chi connectivity index (χ2n) is 6.36. The van der Waals surface area contributed by atoms with E-state index in [9.17, 15) is 14.4 Å². The van der Waals surface area contributed by atoms with Crippen LogP contribution in [0.4, 0.5) is 4.79 Å². The molecule has 0 aliphatic carbocycles. The Bertz CT molecular complexity index is 397. The van der Waals surface area contributed by atoms with E-state index in [4.69, 9.17) is 5.73 Å². The summed E-state index contributed by atoms with van der Waals surface area (Å²) in [4.78, 5) is 35.1. The monoisotopic (exact) mass is 328 g/mol. The first kappa shape index (κ1) is 21.4. The van der Waals surface area contributed by atoms with Gasteiger partial charge in [-0.3, -0.25) is 9.59 Å². The first-order chi connectivity index (χ1) is 10.7. The van der Waals surface area contributed by atoms with Gasteiger partial charge >= 0.3 is 6.03 Å². The van der Waals surface area contributed by atoms with Gasteiger partial charge in [-0.15, -0.1) is 0 Å². The number of amides is 3. The van der Waals surface area contributed by atoms with Crippen molar-refractivity contribution in [3.63, 3.8) is 0 Å². The standard InChI is InChI=1S/C16H32N4O3/c1-6-13(21)14(10(2)3)20-15(22)12(19-11(4)5)8-7-9-18-16(17)23/h10-12,14,19H,6-9H2,1-5H3,(H,20,22)(H3,17,18,23)/t12-,14-/m0/s1. The number of urea groups is 1. The Morgan fingerprint density at radius 1 is 1.09 bits per heavy atom. The molecule has 0 heterocycles. The Morgan fingerprint density at radius 2 is 1.70 bits per heavy atom. The molecule has 0 rings (SSSR count). The average Bonchev–Trinajstić information content (AvgIpc) is 2.45. The van der Waals surface area contributed by atoms with E-state index in [1.165, 1.54) is 0 Å². The minimum atomic E-state index is -0.573. The van der Waals surface area contributed by atoms with Gasteiger partial charge in [0.2, 0.25) is 5.91 Å². The maximum atomic E-state index is 12.5. The fourth-order valence-electron chi connectivity index (χ4n) is 2.30. The largest absolute Gasteiger partial charge is 0.352 e. The molecular weight excluding hydrogens is 296 g/mol. The summed E-state index contributed by atoms with van der Waals surface area (Å²) in [6, 6.07) is -1.31. The van der Waals surface area contributed by atoms with Crippen molar-refractivity contribution in [1.82, 2.24) is 16.0 Å². The predicted octanol–water partition coefficient (Wildman–Crippen LogP) is 0.921. The number of rotatable bonds is 11. The Balaban J connectivity index is 4.71. The van der Waals surface area contributed by atoms with Crippen LogP contribution in [0, 0.1) is 5.92 Å². The van der Waals surface area contributed by atoms with Crippen molar-refractivity contribution in [2.45, 2.75) is 72.0 Å². The van der Waals surface area contributed by atoms with Gasteiger partial charge in [-0.1, -0.05) is 34.6 Å². The smallest absolute Gasteiger partial charge is 0.312 e. The Kier molecular flexibility index (Phi) is 10.2. The maximum Gasteiger partial charge on any atom is 0.312 e. The van der Waals surface area contributed by atoms with Gasteiger partial charge in [0.15, 0.2) is 5.78 Å². The zero-order valence-electron chi connectivity index (χ0n) is 14.9. The van der Waals surface area contributed by atoms with Gasteiger partial charge in [-0.2, -0.15) is 0 Å². The number of primary amides is 1. The molecular formula is C16H32N4O3. The number of carbonyl (C=O) groups excluding carboxylic acids is 3. The second-order valence-corrected chi connectivity index (χ2v) is 6.36. The molecule has 0 aliphatic heterocycles. The topological polar surface area (TPSA) is 113 Å². The minimum absolute atomic E-state index is 0.0343. The molecule has 134 valence electrons. The first-order valence-corrected chi connectivity index (χ1v) is 8.31. The lowest BCUT2D eigenvalue weighted by Crippen LogP contribution is -2.53. The summed E-state index contributed by atoms with van der Waals surface area (Å²) >= 11 is 0. The van der Waals surface area contributed by atoms with E-state index in [0.717, 1.165) is 0 Å². The van der Waals surface area contributed by atoms with E-state index in [2.05, 4.69) is 16.0 Å². The Hall–Kier alpha value is -1.63. The van der Waals surface area contributed by atoms with Gasteiger partial charge in [0.25, 0.3) is 0 Å². The number of Topliss-reactive ketones (excluding diaryl/α,β-unsaturated/α-hetero) is 1. The average molecular weight is 328 g/mol. The van der Waals surface area contributed by atoms with Crippen LogP contribution in [-0.4, -0.2) is 42.4 Å². The summed E-state index contributed by atoms with van der Waals surface area (Å²) in [5.41, 5.74) is 5.02. The van der Waals surface area contributed by atoms with Crippen LogP contribution in [0.5, 0.6) is 0 Å². The maximum absolute atomic E-state index is 12.5. The summed E-state index contributed by atoms with van der Waals surface area (Å²) < 4.78 is 0. The third-order valence-electron chi connectivity index (χ3n) is 3.48. The minimum Gasteiger partial charge on any atom is -0.352 e. The molecule has 0 unspecified atom stereocenters. The van der Waals surface area contributed by atoms with Gasteiger partial charge in [0.05, 0.1) is 12.1 Å². The van der Waals surface area contributed by atoms with Crippen LogP contribution in [0.1, 0.15) is 53.9 Å². The van der Waals surface area contributed by atoms with E-state index in [1.807, 2.05) is 27.7 Å². The van der Waals surface area contributed by atoms with E-state index < -0.39 is 18.1 Å². The van der Waals surface area contributed by atoms with E-state index in [0.29, 0.717) is 25.8 Å². The Morgan fingerprint density at radius 3 is 2.13 bits per heavy atom. The number of nitrogens with two attached hydrogens (primary N) is 1. The molecule has 23 heavy (non-hydrogen) atoms. The highest BCUT2D eigenvalue weighted by atomic mass is 16.2. The third-order valence-corrected chi connectivity index (χ3v) is 3.48. The van der Waals surface area contributed by atoms with Crippen molar-refractivity contribution < 1.29 is 14.4 Å². The lowest BCUT2D eigenvalue weighted by molar-refractivity contribution is -0.130. The van der Waals surface area contributed by atoms with Crippen molar-refractivity contribution in [3.8, 4) is 0 Å². The zero-order chi connectivity index (χ0) is 18.0. The molecule has 7 heteroatoms. The quantitative estimate of drug-likeness (QED) is 0.422.